The number of hydrogen-bond donors (Lipinski definition) is 5. The number of anilines is 5. The fourth-order valence-corrected chi connectivity index (χ4v) is 3.12. The molecule has 1 heterocycles. The molecule has 2 aromatic carbocycles. The lowest BCUT2D eigenvalue weighted by atomic mass is 10.2. The Morgan fingerprint density at radius 2 is 1.79 bits per heavy atom. The smallest absolute Gasteiger partial charge is 0.254 e. The molecule has 0 saturated heterocycles. The molecule has 0 fully saturated rings. The molecule has 1 amide bonds. The predicted octanol–water partition coefficient (Wildman–Crippen LogP) is 1.43. The first-order valence-electron chi connectivity index (χ1n) is 8.03. The van der Waals surface area contributed by atoms with E-state index in [1.807, 2.05) is 0 Å². The number of primary amides is 1. The molecule has 0 aliphatic carbocycles. The molecule has 0 atom stereocenters. The summed E-state index contributed by atoms with van der Waals surface area (Å²) >= 11 is 0. The monoisotopic (exact) mass is 417 g/mol. The fraction of sp³-hybridized carbons (Fsp3) is 0. The number of amides is 1. The van der Waals surface area contributed by atoms with Crippen molar-refractivity contribution < 1.29 is 17.6 Å². The van der Waals surface area contributed by atoms with E-state index in [9.17, 15) is 17.6 Å². The summed E-state index contributed by atoms with van der Waals surface area (Å²) in [6.45, 7) is 0. The molecule has 12 heteroatoms. The molecular formula is C17H16FN7O3S. The van der Waals surface area contributed by atoms with Crippen LogP contribution < -0.4 is 27.2 Å². The molecule has 3 rings (SSSR count). The average Bonchev–Trinajstić information content (AvgIpc) is 2.64. The Labute approximate surface area is 165 Å². The molecule has 0 radical (unpaired) electrons. The van der Waals surface area contributed by atoms with Crippen molar-refractivity contribution in [3.8, 4) is 0 Å². The molecule has 0 spiro atoms. The second-order valence-corrected chi connectivity index (χ2v) is 7.38. The van der Waals surface area contributed by atoms with Crippen molar-refractivity contribution in [1.29, 1.82) is 0 Å². The van der Waals surface area contributed by atoms with Gasteiger partial charge in [-0.2, -0.15) is 4.98 Å². The summed E-state index contributed by atoms with van der Waals surface area (Å²) in [7, 11) is -4.06. The number of benzene rings is 2. The molecule has 1 aromatic heterocycles. The molecule has 0 saturated carbocycles. The Kier molecular flexibility index (Phi) is 5.30. The van der Waals surface area contributed by atoms with Gasteiger partial charge < -0.3 is 22.1 Å². The van der Waals surface area contributed by atoms with Crippen LogP contribution >= 0.6 is 0 Å². The van der Waals surface area contributed by atoms with Crippen LogP contribution in [-0.4, -0.2) is 24.3 Å². The number of rotatable bonds is 6. The first-order valence-corrected chi connectivity index (χ1v) is 9.57. The highest BCUT2D eigenvalue weighted by Gasteiger charge is 2.18. The van der Waals surface area contributed by atoms with Gasteiger partial charge in [-0.05, 0) is 30.3 Å². The van der Waals surface area contributed by atoms with E-state index in [0.717, 1.165) is 12.3 Å². The van der Waals surface area contributed by atoms with Crippen LogP contribution in [0.5, 0.6) is 0 Å². The van der Waals surface area contributed by atoms with E-state index in [1.54, 1.807) is 6.07 Å². The van der Waals surface area contributed by atoms with E-state index in [0.29, 0.717) is 5.69 Å². The van der Waals surface area contributed by atoms with E-state index >= 15 is 0 Å². The maximum absolute atomic E-state index is 14.0. The summed E-state index contributed by atoms with van der Waals surface area (Å²) in [5.41, 5.74) is 11.2. The SMILES string of the molecule is NC(=O)c1cnc(Nc2cc(N)ccc2F)nc1Nc1ccccc1S(N)(=O)=O. The van der Waals surface area contributed by atoms with Crippen LogP contribution in [0.1, 0.15) is 10.4 Å². The third kappa shape index (κ3) is 4.56. The molecule has 0 aliphatic heterocycles. The normalized spacial score (nSPS) is 11.1. The first kappa shape index (κ1) is 20.0. The van der Waals surface area contributed by atoms with Gasteiger partial charge in [0.2, 0.25) is 16.0 Å². The number of halogens is 1. The zero-order chi connectivity index (χ0) is 21.2. The number of nitrogen functional groups attached to an aromatic ring is 1. The average molecular weight is 417 g/mol. The third-order valence-electron chi connectivity index (χ3n) is 3.74. The molecule has 150 valence electrons. The minimum absolute atomic E-state index is 0.00714. The number of nitrogens with zero attached hydrogens (tertiary/aromatic N) is 2. The van der Waals surface area contributed by atoms with Gasteiger partial charge in [-0.15, -0.1) is 0 Å². The van der Waals surface area contributed by atoms with Gasteiger partial charge in [0.05, 0.1) is 11.4 Å². The predicted molar refractivity (Wildman–Crippen MR) is 106 cm³/mol. The van der Waals surface area contributed by atoms with Gasteiger partial charge in [-0.1, -0.05) is 12.1 Å². The third-order valence-corrected chi connectivity index (χ3v) is 4.71. The minimum Gasteiger partial charge on any atom is -0.399 e. The van der Waals surface area contributed by atoms with E-state index < -0.39 is 21.7 Å². The Bertz CT molecular complexity index is 1200. The van der Waals surface area contributed by atoms with Gasteiger partial charge in [-0.25, -0.2) is 22.9 Å². The van der Waals surface area contributed by atoms with Gasteiger partial charge >= 0.3 is 0 Å². The van der Waals surface area contributed by atoms with E-state index in [-0.39, 0.29) is 33.6 Å². The number of para-hydroxylation sites is 1. The van der Waals surface area contributed by atoms with E-state index in [4.69, 9.17) is 16.6 Å². The summed E-state index contributed by atoms with van der Waals surface area (Å²) < 4.78 is 37.5. The largest absolute Gasteiger partial charge is 0.399 e. The molecule has 8 N–H and O–H groups in total. The van der Waals surface area contributed by atoms with Crippen molar-refractivity contribution in [2.24, 2.45) is 10.9 Å². The number of carbonyl (C=O) groups is 1. The molecule has 0 aliphatic rings. The van der Waals surface area contributed by atoms with Crippen molar-refractivity contribution >= 4 is 44.8 Å². The lowest BCUT2D eigenvalue weighted by Crippen LogP contribution is -2.17. The van der Waals surface area contributed by atoms with Gasteiger partial charge in [0.15, 0.2) is 0 Å². The summed E-state index contributed by atoms with van der Waals surface area (Å²) in [5, 5.41) is 10.6. The van der Waals surface area contributed by atoms with E-state index in [1.165, 1.54) is 30.3 Å². The lowest BCUT2D eigenvalue weighted by molar-refractivity contribution is 0.100. The second-order valence-electron chi connectivity index (χ2n) is 5.85. The number of sulfonamides is 1. The molecule has 0 bridgehead atoms. The first-order chi connectivity index (χ1) is 13.6. The van der Waals surface area contributed by atoms with Gasteiger partial charge in [-0.3, -0.25) is 4.79 Å². The highest BCUT2D eigenvalue weighted by atomic mass is 32.2. The number of nitrogens with one attached hydrogen (secondary N) is 2. The van der Waals surface area contributed by atoms with Crippen molar-refractivity contribution in [2.75, 3.05) is 16.4 Å². The zero-order valence-electron chi connectivity index (χ0n) is 14.8. The minimum atomic E-state index is -4.06. The molecular weight excluding hydrogens is 401 g/mol. The summed E-state index contributed by atoms with van der Waals surface area (Å²) in [4.78, 5) is 19.5. The maximum Gasteiger partial charge on any atom is 0.254 e. The van der Waals surface area contributed by atoms with Crippen LogP contribution in [0.15, 0.2) is 53.6 Å². The van der Waals surface area contributed by atoms with E-state index in [2.05, 4.69) is 20.6 Å². The highest BCUT2D eigenvalue weighted by molar-refractivity contribution is 7.89. The molecule has 29 heavy (non-hydrogen) atoms. The second kappa shape index (κ2) is 7.69. The quantitative estimate of drug-likeness (QED) is 0.374. The van der Waals surface area contributed by atoms with Gasteiger partial charge in [0.1, 0.15) is 22.1 Å². The van der Waals surface area contributed by atoms with Gasteiger partial charge in [0, 0.05) is 11.9 Å². The van der Waals surface area contributed by atoms with Crippen molar-refractivity contribution in [3.63, 3.8) is 0 Å². The molecule has 10 nitrogen and oxygen atoms in total. The van der Waals surface area contributed by atoms with Crippen molar-refractivity contribution in [1.82, 2.24) is 9.97 Å². The summed E-state index contributed by atoms with van der Waals surface area (Å²) in [6.07, 6.45) is 1.11. The summed E-state index contributed by atoms with van der Waals surface area (Å²) in [5.74, 6) is -1.65. The number of primary sulfonamides is 1. The Morgan fingerprint density at radius 3 is 2.48 bits per heavy atom. The van der Waals surface area contributed by atoms with Crippen LogP contribution in [0.3, 0.4) is 0 Å². The van der Waals surface area contributed by atoms with Crippen LogP contribution in [-0.2, 0) is 10.0 Å². The number of hydrogen-bond acceptors (Lipinski definition) is 8. The number of aromatic nitrogens is 2. The van der Waals surface area contributed by atoms with Crippen LogP contribution in [0.4, 0.5) is 33.2 Å². The topological polar surface area (TPSA) is 179 Å². The Hall–Kier alpha value is -3.77. The van der Waals surface area contributed by atoms with Gasteiger partial charge in [0.25, 0.3) is 5.91 Å². The van der Waals surface area contributed by atoms with Crippen LogP contribution in [0, 0.1) is 5.82 Å². The maximum atomic E-state index is 14.0. The highest BCUT2D eigenvalue weighted by Crippen LogP contribution is 2.26. The van der Waals surface area contributed by atoms with Crippen molar-refractivity contribution in [3.05, 3.63) is 60.0 Å². The van der Waals surface area contributed by atoms with Crippen LogP contribution in [0.25, 0.3) is 0 Å². The fourth-order valence-electron chi connectivity index (χ4n) is 2.42. The zero-order valence-corrected chi connectivity index (χ0v) is 15.6. The number of carbonyl (C=O) groups excluding carboxylic acids is 1. The Balaban J connectivity index is 2.03. The summed E-state index contributed by atoms with van der Waals surface area (Å²) in [6, 6.07) is 9.63. The van der Waals surface area contributed by atoms with Crippen LogP contribution in [0.2, 0.25) is 0 Å². The molecule has 3 aromatic rings. The standard InChI is InChI=1S/C17H16FN7O3S/c18-11-6-5-9(19)7-13(11)24-17-22-8-10(15(20)26)16(25-17)23-12-3-1-2-4-14(12)29(21,27)28/h1-8H,19H2,(H2,20,26)(H2,21,27,28)(H2,22,23,24,25). The molecule has 0 unspecified atom stereocenters. The number of nitrogens with two attached hydrogens (primary N) is 3. The van der Waals surface area contributed by atoms with Crippen molar-refractivity contribution in [2.45, 2.75) is 4.90 Å². The Morgan fingerprint density at radius 1 is 1.07 bits per heavy atom. The lowest BCUT2D eigenvalue weighted by Gasteiger charge is -2.14.